The summed E-state index contributed by atoms with van der Waals surface area (Å²) in [6.45, 7) is 0.491. The lowest BCUT2D eigenvalue weighted by Crippen LogP contribution is -2.22. The van der Waals surface area contributed by atoms with Crippen molar-refractivity contribution < 1.29 is 0 Å². The highest BCUT2D eigenvalue weighted by molar-refractivity contribution is 7.98. The monoisotopic (exact) mass is 400 g/mol. The van der Waals surface area contributed by atoms with Crippen molar-refractivity contribution in [1.29, 1.82) is 0 Å². The van der Waals surface area contributed by atoms with Crippen LogP contribution < -0.4 is 5.56 Å². The molecule has 0 unspecified atom stereocenters. The third kappa shape index (κ3) is 3.38. The normalized spacial score (nSPS) is 11.3. The number of fused-ring (bicyclic) bond motifs is 2. The maximum Gasteiger partial charge on any atom is 0.261 e. The molecule has 0 bridgehead atoms. The minimum atomic E-state index is -0.0376. The average molecular weight is 400 g/mol. The second-order valence-electron chi connectivity index (χ2n) is 6.54. The molecule has 29 heavy (non-hydrogen) atoms. The lowest BCUT2D eigenvalue weighted by atomic mass is 10.1. The molecule has 0 aliphatic heterocycles. The molecular weight excluding hydrogens is 384 g/mol. The number of hydrogen-bond acceptors (Lipinski definition) is 6. The summed E-state index contributed by atoms with van der Waals surface area (Å²) < 4.78 is 1.66. The van der Waals surface area contributed by atoms with E-state index in [2.05, 4.69) is 24.9 Å². The van der Waals surface area contributed by atoms with E-state index in [1.54, 1.807) is 29.0 Å². The summed E-state index contributed by atoms with van der Waals surface area (Å²) in [4.78, 5) is 33.5. The molecule has 0 amide bonds. The number of aromatic amines is 1. The van der Waals surface area contributed by atoms with Crippen LogP contribution in [-0.2, 0) is 12.3 Å². The second-order valence-corrected chi connectivity index (χ2v) is 7.51. The van der Waals surface area contributed by atoms with Gasteiger partial charge in [-0.3, -0.25) is 9.36 Å². The standard InChI is InChI=1S/C21H16N6OS/c28-21-17-15(10-29-20-18-19(23-11-22-18)24-12-25-20)7-4-8-16(17)26-13-27(21)9-14-5-2-1-3-6-14/h1-8,11-13H,9-10H2,(H,22,23,24,25). The number of thioether (sulfide) groups is 1. The van der Waals surface area contributed by atoms with E-state index in [0.29, 0.717) is 28.8 Å². The predicted molar refractivity (Wildman–Crippen MR) is 113 cm³/mol. The van der Waals surface area contributed by atoms with Crippen molar-refractivity contribution in [2.75, 3.05) is 0 Å². The maximum atomic E-state index is 13.2. The van der Waals surface area contributed by atoms with Gasteiger partial charge in [-0.05, 0) is 17.2 Å². The van der Waals surface area contributed by atoms with Crippen LogP contribution in [0.15, 0.2) is 77.3 Å². The number of aromatic nitrogens is 6. The molecule has 7 nitrogen and oxygen atoms in total. The first-order chi connectivity index (χ1) is 14.3. The van der Waals surface area contributed by atoms with Gasteiger partial charge in [0.05, 0.1) is 30.1 Å². The summed E-state index contributed by atoms with van der Waals surface area (Å²) >= 11 is 1.54. The Bertz CT molecular complexity index is 1360. The molecular formula is C21H16N6OS. The summed E-state index contributed by atoms with van der Waals surface area (Å²) in [5.41, 5.74) is 4.09. The molecule has 0 aliphatic carbocycles. The van der Waals surface area contributed by atoms with E-state index >= 15 is 0 Å². The number of nitrogens with zero attached hydrogens (tertiary/aromatic N) is 5. The zero-order chi connectivity index (χ0) is 19.6. The van der Waals surface area contributed by atoms with Crippen LogP contribution in [0.1, 0.15) is 11.1 Å². The first kappa shape index (κ1) is 17.6. The fourth-order valence-electron chi connectivity index (χ4n) is 3.28. The molecule has 0 saturated carbocycles. The molecule has 0 fully saturated rings. The van der Waals surface area contributed by atoms with Gasteiger partial charge in [-0.2, -0.15) is 0 Å². The third-order valence-corrected chi connectivity index (χ3v) is 5.73. The Morgan fingerprint density at radius 2 is 1.86 bits per heavy atom. The fraction of sp³-hybridized carbons (Fsp3) is 0.0952. The minimum absolute atomic E-state index is 0.0376. The van der Waals surface area contributed by atoms with Crippen LogP contribution in [0.2, 0.25) is 0 Å². The summed E-state index contributed by atoms with van der Waals surface area (Å²) in [5.74, 6) is 0.592. The van der Waals surface area contributed by atoms with E-state index < -0.39 is 0 Å². The van der Waals surface area contributed by atoms with E-state index in [4.69, 9.17) is 0 Å². The largest absolute Gasteiger partial charge is 0.341 e. The van der Waals surface area contributed by atoms with Gasteiger partial charge in [0, 0.05) is 5.75 Å². The Labute approximate surface area is 169 Å². The van der Waals surface area contributed by atoms with E-state index in [0.717, 1.165) is 21.7 Å². The number of H-pyrrole nitrogens is 1. The van der Waals surface area contributed by atoms with Crippen LogP contribution in [-0.4, -0.2) is 29.5 Å². The van der Waals surface area contributed by atoms with Crippen LogP contribution in [0.3, 0.4) is 0 Å². The van der Waals surface area contributed by atoms with E-state index in [-0.39, 0.29) is 5.56 Å². The average Bonchev–Trinajstić information content (AvgIpc) is 3.24. The number of imidazole rings is 1. The van der Waals surface area contributed by atoms with Crippen molar-refractivity contribution in [3.63, 3.8) is 0 Å². The van der Waals surface area contributed by atoms with Crippen LogP contribution >= 0.6 is 11.8 Å². The van der Waals surface area contributed by atoms with E-state index in [9.17, 15) is 4.79 Å². The summed E-state index contributed by atoms with van der Waals surface area (Å²) in [5, 5.41) is 1.45. The molecule has 3 heterocycles. The number of nitrogens with one attached hydrogen (secondary N) is 1. The minimum Gasteiger partial charge on any atom is -0.341 e. The highest BCUT2D eigenvalue weighted by Crippen LogP contribution is 2.27. The zero-order valence-electron chi connectivity index (χ0n) is 15.3. The first-order valence-electron chi connectivity index (χ1n) is 9.07. The van der Waals surface area contributed by atoms with Crippen molar-refractivity contribution in [3.05, 3.63) is 89.0 Å². The Balaban J connectivity index is 1.51. The molecule has 1 N–H and O–H groups in total. The SMILES string of the molecule is O=c1c2c(CSc3ncnc4nc[nH]c34)cccc2ncn1Cc1ccccc1. The van der Waals surface area contributed by atoms with Crippen molar-refractivity contribution in [2.45, 2.75) is 17.3 Å². The van der Waals surface area contributed by atoms with Gasteiger partial charge in [-0.15, -0.1) is 0 Å². The van der Waals surface area contributed by atoms with Crippen molar-refractivity contribution in [3.8, 4) is 0 Å². The molecule has 0 atom stereocenters. The van der Waals surface area contributed by atoms with Gasteiger partial charge < -0.3 is 4.98 Å². The van der Waals surface area contributed by atoms with Gasteiger partial charge in [0.25, 0.3) is 5.56 Å². The number of benzene rings is 2. The van der Waals surface area contributed by atoms with Gasteiger partial charge in [-0.1, -0.05) is 54.2 Å². The third-order valence-electron chi connectivity index (χ3n) is 4.69. The summed E-state index contributed by atoms with van der Waals surface area (Å²) in [6.07, 6.45) is 4.73. The van der Waals surface area contributed by atoms with Crippen LogP contribution in [0.5, 0.6) is 0 Å². The lowest BCUT2D eigenvalue weighted by molar-refractivity contribution is 0.748. The Morgan fingerprint density at radius 3 is 2.76 bits per heavy atom. The second kappa shape index (κ2) is 7.48. The molecule has 0 aliphatic rings. The lowest BCUT2D eigenvalue weighted by Gasteiger charge is -2.10. The topological polar surface area (TPSA) is 89.3 Å². The highest BCUT2D eigenvalue weighted by Gasteiger charge is 2.12. The van der Waals surface area contributed by atoms with E-state index in [1.807, 2.05) is 48.5 Å². The van der Waals surface area contributed by atoms with Crippen molar-refractivity contribution in [2.24, 2.45) is 0 Å². The van der Waals surface area contributed by atoms with Crippen molar-refractivity contribution in [1.82, 2.24) is 29.5 Å². The van der Waals surface area contributed by atoms with Gasteiger partial charge in [0.1, 0.15) is 16.9 Å². The molecule has 142 valence electrons. The molecule has 0 saturated heterocycles. The van der Waals surface area contributed by atoms with Gasteiger partial charge >= 0.3 is 0 Å². The smallest absolute Gasteiger partial charge is 0.261 e. The molecule has 3 aromatic heterocycles. The molecule has 8 heteroatoms. The number of rotatable bonds is 5. The fourth-order valence-corrected chi connectivity index (χ4v) is 4.23. The summed E-state index contributed by atoms with van der Waals surface area (Å²) in [6, 6.07) is 15.7. The predicted octanol–water partition coefficient (Wildman–Crippen LogP) is 3.40. The Hall–Kier alpha value is -3.52. The highest BCUT2D eigenvalue weighted by atomic mass is 32.2. The van der Waals surface area contributed by atoms with Crippen LogP contribution in [0.25, 0.3) is 22.1 Å². The Morgan fingerprint density at radius 1 is 0.966 bits per heavy atom. The van der Waals surface area contributed by atoms with Crippen molar-refractivity contribution >= 4 is 33.8 Å². The van der Waals surface area contributed by atoms with Gasteiger partial charge in [0.15, 0.2) is 5.65 Å². The van der Waals surface area contributed by atoms with E-state index in [1.165, 1.54) is 6.33 Å². The molecule has 5 rings (SSSR count). The van der Waals surface area contributed by atoms with Crippen LogP contribution in [0.4, 0.5) is 0 Å². The van der Waals surface area contributed by atoms with Gasteiger partial charge in [0.2, 0.25) is 0 Å². The zero-order valence-corrected chi connectivity index (χ0v) is 16.1. The molecule has 0 radical (unpaired) electrons. The molecule has 0 spiro atoms. The number of hydrogen-bond donors (Lipinski definition) is 1. The Kier molecular flexibility index (Phi) is 4.53. The molecule has 5 aromatic rings. The molecule has 2 aromatic carbocycles. The van der Waals surface area contributed by atoms with Crippen LogP contribution in [0, 0.1) is 0 Å². The summed E-state index contributed by atoms with van der Waals surface area (Å²) in [7, 11) is 0. The quantitative estimate of drug-likeness (QED) is 0.359. The first-order valence-corrected chi connectivity index (χ1v) is 10.1. The van der Waals surface area contributed by atoms with Gasteiger partial charge in [-0.25, -0.2) is 19.9 Å². The maximum absolute atomic E-state index is 13.2.